The van der Waals surface area contributed by atoms with E-state index in [1.807, 2.05) is 0 Å². The Hall–Kier alpha value is -2.11. The first kappa shape index (κ1) is 31.1. The van der Waals surface area contributed by atoms with Crippen molar-refractivity contribution in [1.29, 1.82) is 0 Å². The van der Waals surface area contributed by atoms with Crippen LogP contribution in [0.1, 0.15) is 50.7 Å². The third-order valence-electron chi connectivity index (χ3n) is 6.50. The number of fused-ring (bicyclic) bond motifs is 1. The van der Waals surface area contributed by atoms with E-state index in [9.17, 15) is 0 Å². The third kappa shape index (κ3) is 11.0. The van der Waals surface area contributed by atoms with Gasteiger partial charge in [-0.05, 0) is 37.3 Å². The molecule has 4 aromatic rings. The molecule has 0 N–H and O–H groups in total. The average molecular weight is 541 g/mol. The quantitative estimate of drug-likeness (QED) is 0.124. The van der Waals surface area contributed by atoms with Crippen LogP contribution in [0.15, 0.2) is 114 Å². The second kappa shape index (κ2) is 17.4. The van der Waals surface area contributed by atoms with E-state index in [4.69, 9.17) is 0 Å². The summed E-state index contributed by atoms with van der Waals surface area (Å²) in [5.41, 5.74) is 5.74. The molecule has 4 aromatic carbocycles. The summed E-state index contributed by atoms with van der Waals surface area (Å²) in [6, 6.07) is 34.4. The topological polar surface area (TPSA) is 0 Å². The first-order chi connectivity index (χ1) is 17.6. The van der Waals surface area contributed by atoms with Crippen LogP contribution in [0.2, 0.25) is 0 Å². The van der Waals surface area contributed by atoms with E-state index in [0.717, 1.165) is 19.3 Å². The molecule has 1 aliphatic rings. The van der Waals surface area contributed by atoms with E-state index >= 15 is 0 Å². The molecule has 0 saturated heterocycles. The Labute approximate surface area is 241 Å². The van der Waals surface area contributed by atoms with Crippen molar-refractivity contribution >= 4 is 24.0 Å². The van der Waals surface area contributed by atoms with Crippen molar-refractivity contribution in [2.24, 2.45) is 0 Å². The number of aryl methyl sites for hydroxylation is 2. The number of rotatable bonds is 7. The molecule has 0 nitrogen and oxygen atoms in total. The number of hydrogen-bond acceptors (Lipinski definition) is 0. The minimum atomic E-state index is 0. The minimum Gasteiger partial charge on any atom is -0.269 e. The van der Waals surface area contributed by atoms with E-state index < -0.39 is 0 Å². The van der Waals surface area contributed by atoms with Crippen LogP contribution in [0.25, 0.3) is 10.8 Å². The van der Waals surface area contributed by atoms with E-state index in [2.05, 4.69) is 136 Å². The van der Waals surface area contributed by atoms with Gasteiger partial charge in [0.2, 0.25) is 0 Å². The number of unbranched alkanes of at least 4 members (excludes halogenated alkanes) is 1. The standard InChI is InChI=1S/C14H14.C11H12P.C10H15.Ti/c1-3-7-13(8-4-1)11-12-14-9-5-2-6-10-14;1-12(2)11-7-9-5-3-4-6-10(9)8-11;1-3-4-7-10-8-5-6-9(10)2;/h1-10H,11-12H2;3-8H,1-2H3;8H,3-5,7H2,1-2H3;/q;2*-1;+2. The summed E-state index contributed by atoms with van der Waals surface area (Å²) in [6.07, 6.45) is 12.8. The maximum atomic E-state index is 3.30. The van der Waals surface area contributed by atoms with Gasteiger partial charge >= 0.3 is 21.7 Å². The molecule has 190 valence electrons. The summed E-state index contributed by atoms with van der Waals surface area (Å²) in [5.74, 6) is 0. The molecule has 0 unspecified atom stereocenters. The second-order valence-electron chi connectivity index (χ2n) is 9.55. The van der Waals surface area contributed by atoms with Gasteiger partial charge in [0.15, 0.2) is 0 Å². The van der Waals surface area contributed by atoms with E-state index in [0.29, 0.717) is 0 Å². The molecule has 0 amide bonds. The van der Waals surface area contributed by atoms with Gasteiger partial charge in [-0.2, -0.15) is 17.7 Å². The van der Waals surface area contributed by atoms with Crippen molar-refractivity contribution < 1.29 is 21.7 Å². The van der Waals surface area contributed by atoms with Crippen molar-refractivity contribution in [2.75, 3.05) is 13.3 Å². The summed E-state index contributed by atoms with van der Waals surface area (Å²) in [7, 11) is 0.0576. The van der Waals surface area contributed by atoms with E-state index in [-0.39, 0.29) is 29.6 Å². The Morgan fingerprint density at radius 1 is 0.784 bits per heavy atom. The smallest absolute Gasteiger partial charge is 0.269 e. The first-order valence-electron chi connectivity index (χ1n) is 13.2. The Morgan fingerprint density at radius 3 is 1.84 bits per heavy atom. The predicted molar refractivity (Wildman–Crippen MR) is 163 cm³/mol. The van der Waals surface area contributed by atoms with Gasteiger partial charge in [0.05, 0.1) is 0 Å². The molecule has 0 saturated carbocycles. The molecule has 0 radical (unpaired) electrons. The van der Waals surface area contributed by atoms with Gasteiger partial charge in [0, 0.05) is 0 Å². The molecule has 0 atom stereocenters. The average Bonchev–Trinajstić information content (AvgIpc) is 3.54. The van der Waals surface area contributed by atoms with Crippen LogP contribution < -0.4 is 5.30 Å². The van der Waals surface area contributed by atoms with Gasteiger partial charge in [-0.15, -0.1) is 54.7 Å². The van der Waals surface area contributed by atoms with Gasteiger partial charge in [-0.1, -0.05) is 99.8 Å². The van der Waals surface area contributed by atoms with Crippen molar-refractivity contribution in [3.8, 4) is 0 Å². The molecular weight excluding hydrogens is 499 g/mol. The fourth-order valence-electron chi connectivity index (χ4n) is 4.22. The van der Waals surface area contributed by atoms with Crippen molar-refractivity contribution in [3.05, 3.63) is 131 Å². The largest absolute Gasteiger partial charge is 2.00 e. The zero-order valence-corrected chi connectivity index (χ0v) is 25.5. The Balaban J connectivity index is 0.000000195. The monoisotopic (exact) mass is 540 g/mol. The summed E-state index contributed by atoms with van der Waals surface area (Å²) in [5, 5.41) is 4.26. The first-order valence-corrected chi connectivity index (χ1v) is 15.5. The Bertz CT molecular complexity index is 1140. The van der Waals surface area contributed by atoms with Gasteiger partial charge in [0.1, 0.15) is 0 Å². The fourth-order valence-corrected chi connectivity index (χ4v) is 5.02. The predicted octanol–water partition coefficient (Wildman–Crippen LogP) is 9.65. The number of hydrogen-bond donors (Lipinski definition) is 0. The Kier molecular flexibility index (Phi) is 14.6. The molecule has 0 spiro atoms. The van der Waals surface area contributed by atoms with Gasteiger partial charge in [0.25, 0.3) is 0 Å². The van der Waals surface area contributed by atoms with Crippen molar-refractivity contribution in [3.63, 3.8) is 0 Å². The van der Waals surface area contributed by atoms with Crippen LogP contribution >= 0.6 is 7.92 Å². The Morgan fingerprint density at radius 2 is 1.35 bits per heavy atom. The summed E-state index contributed by atoms with van der Waals surface area (Å²) in [4.78, 5) is 0. The van der Waals surface area contributed by atoms with Crippen molar-refractivity contribution in [2.45, 2.75) is 52.4 Å². The molecule has 0 aliphatic heterocycles. The molecular formula is C35H41PTi. The second-order valence-corrected chi connectivity index (χ2v) is 11.9. The molecule has 5 rings (SSSR count). The summed E-state index contributed by atoms with van der Waals surface area (Å²) in [6.45, 7) is 8.99. The SMILES string of the molecule is CCCCC1=CC[C-]=C1C.CP(C)c1cc2ccccc2[cH-]1.[Ti+2].c1ccc(CCc2ccccc2)cc1. The van der Waals surface area contributed by atoms with Gasteiger partial charge in [-0.25, -0.2) is 5.57 Å². The summed E-state index contributed by atoms with van der Waals surface area (Å²) >= 11 is 0. The maximum absolute atomic E-state index is 3.30. The van der Waals surface area contributed by atoms with Crippen LogP contribution in [-0.4, -0.2) is 13.3 Å². The minimum absolute atomic E-state index is 0. The van der Waals surface area contributed by atoms with Gasteiger partial charge in [-0.3, -0.25) is 6.08 Å². The molecule has 0 heterocycles. The van der Waals surface area contributed by atoms with E-state index in [1.54, 1.807) is 0 Å². The van der Waals surface area contributed by atoms with Crippen LogP contribution in [-0.2, 0) is 34.6 Å². The van der Waals surface area contributed by atoms with Crippen LogP contribution in [0, 0.1) is 6.08 Å². The molecule has 0 fully saturated rings. The third-order valence-corrected chi connectivity index (χ3v) is 7.80. The molecule has 37 heavy (non-hydrogen) atoms. The maximum Gasteiger partial charge on any atom is 2.00 e. The summed E-state index contributed by atoms with van der Waals surface area (Å²) < 4.78 is 0. The van der Waals surface area contributed by atoms with Crippen LogP contribution in [0.4, 0.5) is 0 Å². The number of benzene rings is 3. The molecule has 0 aromatic heterocycles. The van der Waals surface area contributed by atoms with Crippen LogP contribution in [0.5, 0.6) is 0 Å². The zero-order valence-electron chi connectivity index (χ0n) is 23.0. The zero-order chi connectivity index (χ0) is 25.6. The normalized spacial score (nSPS) is 12.0. The number of allylic oxidation sites excluding steroid dienone is 4. The molecule has 0 bridgehead atoms. The fraction of sp³-hybridized carbons (Fsp3) is 0.286. The van der Waals surface area contributed by atoms with Gasteiger partial charge < -0.3 is 0 Å². The van der Waals surface area contributed by atoms with E-state index in [1.165, 1.54) is 57.6 Å². The van der Waals surface area contributed by atoms with Crippen LogP contribution in [0.3, 0.4) is 0 Å². The molecule has 1 aliphatic carbocycles. The van der Waals surface area contributed by atoms with Crippen molar-refractivity contribution in [1.82, 2.24) is 0 Å². The molecule has 2 heteroatoms.